The lowest BCUT2D eigenvalue weighted by Crippen LogP contribution is -2.51. The molecule has 4 nitrogen and oxygen atoms in total. The molecule has 0 saturated carbocycles. The first-order valence-electron chi connectivity index (χ1n) is 9.84. The number of carbonyl (C=O) groups is 1. The van der Waals surface area contributed by atoms with Crippen LogP contribution < -0.4 is 0 Å². The van der Waals surface area contributed by atoms with Crippen molar-refractivity contribution in [1.82, 2.24) is 9.80 Å². The van der Waals surface area contributed by atoms with Gasteiger partial charge in [-0.3, -0.25) is 14.7 Å². The minimum atomic E-state index is 0.221. The van der Waals surface area contributed by atoms with E-state index in [1.54, 1.807) is 0 Å². The third kappa shape index (κ3) is 5.77. The zero-order valence-corrected chi connectivity index (χ0v) is 18.1. The Kier molecular flexibility index (Phi) is 6.99. The van der Waals surface area contributed by atoms with Gasteiger partial charge in [0.2, 0.25) is 5.91 Å². The van der Waals surface area contributed by atoms with Crippen molar-refractivity contribution in [2.75, 3.05) is 33.2 Å². The van der Waals surface area contributed by atoms with Crippen molar-refractivity contribution in [2.24, 2.45) is 10.4 Å². The highest BCUT2D eigenvalue weighted by atomic mass is 16.2. The number of benzene rings is 1. The van der Waals surface area contributed by atoms with Gasteiger partial charge in [0.15, 0.2) is 0 Å². The number of amides is 1. The molecule has 0 radical (unpaired) electrons. The molecule has 1 heterocycles. The predicted molar refractivity (Wildman–Crippen MR) is 114 cm³/mol. The minimum absolute atomic E-state index is 0.221. The van der Waals surface area contributed by atoms with E-state index in [4.69, 9.17) is 0 Å². The lowest BCUT2D eigenvalue weighted by molar-refractivity contribution is -0.137. The molecule has 1 aromatic rings. The van der Waals surface area contributed by atoms with Gasteiger partial charge in [-0.15, -0.1) is 0 Å². The van der Waals surface area contributed by atoms with Crippen molar-refractivity contribution in [3.05, 3.63) is 46.5 Å². The Morgan fingerprint density at radius 3 is 2.48 bits per heavy atom. The second kappa shape index (κ2) is 8.83. The van der Waals surface area contributed by atoms with Crippen LogP contribution in [0.4, 0.5) is 0 Å². The summed E-state index contributed by atoms with van der Waals surface area (Å²) in [4.78, 5) is 21.3. The highest BCUT2D eigenvalue weighted by molar-refractivity contribution is 6.12. The van der Waals surface area contributed by atoms with E-state index in [-0.39, 0.29) is 11.3 Å². The Morgan fingerprint density at radius 1 is 1.26 bits per heavy atom. The van der Waals surface area contributed by atoms with Crippen molar-refractivity contribution in [1.29, 1.82) is 0 Å². The molecule has 2 rings (SSSR count). The molecule has 0 N–H and O–H groups in total. The van der Waals surface area contributed by atoms with E-state index < -0.39 is 0 Å². The van der Waals surface area contributed by atoms with E-state index in [1.807, 2.05) is 18.9 Å². The van der Waals surface area contributed by atoms with E-state index in [9.17, 15) is 4.79 Å². The van der Waals surface area contributed by atoms with E-state index in [1.165, 1.54) is 16.7 Å². The summed E-state index contributed by atoms with van der Waals surface area (Å²) in [5, 5.41) is 0. The van der Waals surface area contributed by atoms with Crippen molar-refractivity contribution >= 4 is 11.6 Å². The van der Waals surface area contributed by atoms with E-state index >= 15 is 0 Å². The SMILES string of the molecule is C/C=C(\C)C(=NC)c1ccc(CN2CCN(CC(C)(C)C)CC2=O)c(C)c1. The van der Waals surface area contributed by atoms with Crippen molar-refractivity contribution in [2.45, 2.75) is 48.1 Å². The summed E-state index contributed by atoms with van der Waals surface area (Å²) in [6.07, 6.45) is 2.08. The lowest BCUT2D eigenvalue weighted by Gasteiger charge is -2.37. The topological polar surface area (TPSA) is 35.9 Å². The van der Waals surface area contributed by atoms with Gasteiger partial charge in [0.05, 0.1) is 12.3 Å². The van der Waals surface area contributed by atoms with Gasteiger partial charge in [-0.25, -0.2) is 0 Å². The maximum absolute atomic E-state index is 12.6. The second-order valence-electron chi connectivity index (χ2n) is 8.77. The van der Waals surface area contributed by atoms with Crippen LogP contribution in [-0.2, 0) is 11.3 Å². The summed E-state index contributed by atoms with van der Waals surface area (Å²) in [6, 6.07) is 6.45. The Labute approximate surface area is 165 Å². The fraction of sp³-hybridized carbons (Fsp3) is 0.565. The molecule has 1 aromatic carbocycles. The third-order valence-corrected chi connectivity index (χ3v) is 5.10. The Hall–Kier alpha value is -1.94. The highest BCUT2D eigenvalue weighted by Gasteiger charge is 2.27. The zero-order valence-electron chi connectivity index (χ0n) is 18.1. The average Bonchev–Trinajstić information content (AvgIpc) is 2.58. The molecule has 0 atom stereocenters. The molecule has 0 unspecified atom stereocenters. The number of aliphatic imine (C=N–C) groups is 1. The molecule has 4 heteroatoms. The van der Waals surface area contributed by atoms with Gasteiger partial charge < -0.3 is 4.90 Å². The average molecular weight is 370 g/mol. The fourth-order valence-electron chi connectivity index (χ4n) is 3.63. The molecule has 0 spiro atoms. The summed E-state index contributed by atoms with van der Waals surface area (Å²) in [5.41, 5.74) is 5.98. The molecular formula is C23H35N3O. The first-order chi connectivity index (χ1) is 12.6. The molecule has 1 aliphatic rings. The first-order valence-corrected chi connectivity index (χ1v) is 9.84. The number of aryl methyl sites for hydroxylation is 1. The number of piperazine rings is 1. The predicted octanol–water partition coefficient (Wildman–Crippen LogP) is 4.07. The van der Waals surface area contributed by atoms with Crippen LogP contribution in [0.2, 0.25) is 0 Å². The van der Waals surface area contributed by atoms with Crippen molar-refractivity contribution < 1.29 is 4.79 Å². The quantitative estimate of drug-likeness (QED) is 0.734. The number of allylic oxidation sites excluding steroid dienone is 2. The minimum Gasteiger partial charge on any atom is -0.336 e. The van der Waals surface area contributed by atoms with Crippen LogP contribution in [0.25, 0.3) is 0 Å². The largest absolute Gasteiger partial charge is 0.336 e. The van der Waals surface area contributed by atoms with Crippen LogP contribution in [-0.4, -0.2) is 54.6 Å². The second-order valence-corrected chi connectivity index (χ2v) is 8.77. The van der Waals surface area contributed by atoms with Crippen LogP contribution in [0.5, 0.6) is 0 Å². The smallest absolute Gasteiger partial charge is 0.237 e. The summed E-state index contributed by atoms with van der Waals surface area (Å²) in [7, 11) is 1.83. The maximum atomic E-state index is 12.6. The van der Waals surface area contributed by atoms with E-state index in [0.717, 1.165) is 30.9 Å². The molecular weight excluding hydrogens is 334 g/mol. The third-order valence-electron chi connectivity index (χ3n) is 5.10. The Balaban J connectivity index is 2.07. The summed E-state index contributed by atoms with van der Waals surface area (Å²) in [5.74, 6) is 0.231. The molecule has 0 aliphatic carbocycles. The van der Waals surface area contributed by atoms with Gasteiger partial charge in [-0.05, 0) is 49.0 Å². The standard InChI is InChI=1S/C23H35N3O/c1-8-17(2)22(24-7)19-9-10-20(18(3)13-19)14-26-12-11-25(15-21(26)27)16-23(4,5)6/h8-10,13H,11-12,14-16H2,1-7H3/b17-8+,24-22?. The first kappa shape index (κ1) is 21.4. The number of nitrogens with zero attached hydrogens (tertiary/aromatic N) is 3. The van der Waals surface area contributed by atoms with Gasteiger partial charge >= 0.3 is 0 Å². The van der Waals surface area contributed by atoms with Crippen LogP contribution in [0.3, 0.4) is 0 Å². The summed E-state index contributed by atoms with van der Waals surface area (Å²) in [6.45, 7) is 16.8. The van der Waals surface area contributed by atoms with Crippen LogP contribution >= 0.6 is 0 Å². The van der Waals surface area contributed by atoms with E-state index in [0.29, 0.717) is 13.1 Å². The van der Waals surface area contributed by atoms with Gasteiger partial charge in [0.1, 0.15) is 0 Å². The molecule has 0 aromatic heterocycles. The Morgan fingerprint density at radius 2 is 1.96 bits per heavy atom. The van der Waals surface area contributed by atoms with Crippen molar-refractivity contribution in [3.8, 4) is 0 Å². The van der Waals surface area contributed by atoms with Gasteiger partial charge in [-0.2, -0.15) is 0 Å². The van der Waals surface area contributed by atoms with Crippen LogP contribution in [0.1, 0.15) is 51.3 Å². The number of hydrogen-bond acceptors (Lipinski definition) is 3. The van der Waals surface area contributed by atoms with Crippen LogP contribution in [0, 0.1) is 12.3 Å². The zero-order chi connectivity index (χ0) is 20.2. The molecule has 1 saturated heterocycles. The number of carbonyl (C=O) groups excluding carboxylic acids is 1. The molecule has 27 heavy (non-hydrogen) atoms. The lowest BCUT2D eigenvalue weighted by atomic mass is 9.95. The summed E-state index contributed by atoms with van der Waals surface area (Å²) >= 11 is 0. The number of rotatable bonds is 5. The molecule has 1 fully saturated rings. The molecule has 148 valence electrons. The Bertz CT molecular complexity index is 740. The normalized spacial score (nSPS) is 17.6. The summed E-state index contributed by atoms with van der Waals surface area (Å²) < 4.78 is 0. The van der Waals surface area contributed by atoms with E-state index in [2.05, 4.69) is 68.8 Å². The van der Waals surface area contributed by atoms with Gasteiger partial charge in [0.25, 0.3) is 0 Å². The monoisotopic (exact) mass is 369 g/mol. The van der Waals surface area contributed by atoms with Gasteiger partial charge in [0, 0.05) is 38.8 Å². The number of hydrogen-bond donors (Lipinski definition) is 0. The molecule has 0 bridgehead atoms. The molecule has 1 amide bonds. The van der Waals surface area contributed by atoms with Gasteiger partial charge in [-0.1, -0.05) is 39.0 Å². The molecule has 1 aliphatic heterocycles. The fourth-order valence-corrected chi connectivity index (χ4v) is 3.63. The van der Waals surface area contributed by atoms with Crippen LogP contribution in [0.15, 0.2) is 34.8 Å². The highest BCUT2D eigenvalue weighted by Crippen LogP contribution is 2.20. The maximum Gasteiger partial charge on any atom is 0.237 e. The van der Waals surface area contributed by atoms with Crippen molar-refractivity contribution in [3.63, 3.8) is 0 Å².